The molecule has 9 rings (SSSR count). The maximum Gasteiger partial charge on any atom is 0.193 e. The maximum atomic E-state index is 16.3. The van der Waals surface area contributed by atoms with Crippen LogP contribution in [0.1, 0.15) is 68.7 Å². The van der Waals surface area contributed by atoms with E-state index >= 15 is 4.79 Å². The smallest absolute Gasteiger partial charge is 0.193 e. The Bertz CT molecular complexity index is 3180. The zero-order valence-electron chi connectivity index (χ0n) is 44.3. The summed E-state index contributed by atoms with van der Waals surface area (Å²) in [5, 5.41) is 0. The van der Waals surface area contributed by atoms with Crippen LogP contribution in [0.15, 0.2) is 230 Å². The molecule has 0 aliphatic carbocycles. The summed E-state index contributed by atoms with van der Waals surface area (Å²) >= 11 is 0. The van der Waals surface area contributed by atoms with Crippen molar-refractivity contribution in [1.82, 2.24) is 0 Å². The van der Waals surface area contributed by atoms with Crippen molar-refractivity contribution < 1.29 is 4.79 Å². The Hall–Kier alpha value is -8.67. The molecule has 9 aromatic carbocycles. The van der Waals surface area contributed by atoms with Crippen LogP contribution in [0.5, 0.6) is 0 Å². The Morgan fingerprint density at radius 1 is 0.338 bits per heavy atom. The Morgan fingerprint density at radius 3 is 0.851 bits per heavy atom. The van der Waals surface area contributed by atoms with Gasteiger partial charge in [-0.15, -0.1) is 0 Å². The van der Waals surface area contributed by atoms with Crippen molar-refractivity contribution in [1.29, 1.82) is 0 Å². The minimum absolute atomic E-state index is 0.103. The predicted octanol–water partition coefficient (Wildman–Crippen LogP) is 19.1. The molecule has 0 amide bonds. The topological polar surface area (TPSA) is 30.0 Å². The molecule has 368 valence electrons. The number of hydrogen-bond acceptors (Lipinski definition) is 5. The van der Waals surface area contributed by atoms with Gasteiger partial charge < -0.3 is 19.6 Å². The zero-order valence-corrected chi connectivity index (χ0v) is 44.3. The fourth-order valence-electron chi connectivity index (χ4n) is 9.19. The molecule has 5 nitrogen and oxygen atoms in total. The van der Waals surface area contributed by atoms with Crippen LogP contribution in [0.4, 0.5) is 62.6 Å². The van der Waals surface area contributed by atoms with Gasteiger partial charge in [0, 0.05) is 80.2 Å². The lowest BCUT2D eigenvalue weighted by molar-refractivity contribution is 0.103. The van der Waals surface area contributed by atoms with Gasteiger partial charge in [-0.25, -0.2) is 0 Å². The molecule has 0 spiro atoms. The lowest BCUT2D eigenvalue weighted by Gasteiger charge is -2.31. The number of allylic oxidation sites excluding steroid dienone is 3. The first-order valence-electron chi connectivity index (χ1n) is 25.6. The number of aryl methyl sites for hydroxylation is 7. The number of carbonyl (C=O) groups is 1. The molecule has 74 heavy (non-hydrogen) atoms. The highest BCUT2D eigenvalue weighted by Crippen LogP contribution is 2.44. The molecular formula is C69H66N4O. The normalized spacial score (nSPS) is 11.4. The van der Waals surface area contributed by atoms with E-state index in [9.17, 15) is 0 Å². The molecule has 0 fully saturated rings. The fourth-order valence-corrected chi connectivity index (χ4v) is 9.19. The van der Waals surface area contributed by atoms with Crippen molar-refractivity contribution in [3.8, 4) is 0 Å². The highest BCUT2D eigenvalue weighted by Gasteiger charge is 2.25. The Morgan fingerprint density at radius 2 is 0.581 bits per heavy atom. The highest BCUT2D eigenvalue weighted by molar-refractivity contribution is 6.12. The van der Waals surface area contributed by atoms with Crippen LogP contribution in [0, 0.1) is 48.5 Å². The van der Waals surface area contributed by atoms with Crippen molar-refractivity contribution in [2.75, 3.05) is 26.1 Å². The molecule has 0 unspecified atom stereocenters. The standard InChI is InChI=1S/C69H66N4O/c1-10-48(2)12-11-41-70(58-27-13-49(3)14-28-58)65-42-56(43-66(46-65)71(59-29-15-50(4)16-30-59)60-31-17-51(5)18-32-60)69(74)57-44-67(72(61-33-19-52(6)20-34-61)62-35-21-53(7)22-36-62)47-68(45-57)73(63-37-23-54(8)24-38-63)64-39-25-55(9)26-40-64/h10-40,42-47H,41H2,1-9H3. The minimum atomic E-state index is -0.103. The van der Waals surface area contributed by atoms with Crippen molar-refractivity contribution in [2.45, 2.75) is 62.3 Å². The third kappa shape index (κ3) is 11.6. The highest BCUT2D eigenvalue weighted by atomic mass is 16.1. The van der Waals surface area contributed by atoms with E-state index in [0.29, 0.717) is 17.7 Å². The van der Waals surface area contributed by atoms with Crippen LogP contribution in [0.2, 0.25) is 0 Å². The van der Waals surface area contributed by atoms with Crippen LogP contribution in [-0.2, 0) is 0 Å². The quantitative estimate of drug-likeness (QED) is 0.0711. The zero-order chi connectivity index (χ0) is 51.9. The van der Waals surface area contributed by atoms with Gasteiger partial charge in [0.15, 0.2) is 5.78 Å². The Balaban J connectivity index is 1.32. The van der Waals surface area contributed by atoms with Gasteiger partial charge in [0.05, 0.1) is 0 Å². The molecule has 0 heterocycles. The summed E-state index contributed by atoms with van der Waals surface area (Å²) in [5.74, 6) is -0.103. The van der Waals surface area contributed by atoms with E-state index in [1.807, 2.05) is 0 Å². The molecular weight excluding hydrogens is 901 g/mol. The molecule has 0 radical (unpaired) electrons. The van der Waals surface area contributed by atoms with Gasteiger partial charge in [-0.3, -0.25) is 4.79 Å². The average Bonchev–Trinajstić information content (AvgIpc) is 3.41. The molecule has 0 aromatic heterocycles. The van der Waals surface area contributed by atoms with E-state index < -0.39 is 0 Å². The largest absolute Gasteiger partial charge is 0.338 e. The molecule has 0 aliphatic rings. The van der Waals surface area contributed by atoms with Crippen molar-refractivity contribution >= 4 is 68.3 Å². The molecule has 0 N–H and O–H groups in total. The lowest BCUT2D eigenvalue weighted by Crippen LogP contribution is -2.19. The average molecular weight is 967 g/mol. The van der Waals surface area contributed by atoms with Crippen LogP contribution in [0.3, 0.4) is 0 Å². The van der Waals surface area contributed by atoms with Crippen LogP contribution in [0.25, 0.3) is 0 Å². The summed E-state index contributed by atoms with van der Waals surface area (Å²) < 4.78 is 0. The van der Waals surface area contributed by atoms with Crippen LogP contribution >= 0.6 is 0 Å². The summed E-state index contributed by atoms with van der Waals surface area (Å²) in [7, 11) is 0. The van der Waals surface area contributed by atoms with Gasteiger partial charge in [-0.2, -0.15) is 0 Å². The molecule has 9 aromatic rings. The van der Waals surface area contributed by atoms with Crippen molar-refractivity contribution in [3.05, 3.63) is 280 Å². The lowest BCUT2D eigenvalue weighted by atomic mass is 9.98. The summed E-state index contributed by atoms with van der Waals surface area (Å²) in [5.41, 5.74) is 20.9. The summed E-state index contributed by atoms with van der Waals surface area (Å²) in [6.07, 6.45) is 6.48. The van der Waals surface area contributed by atoms with Gasteiger partial charge in [-0.05, 0) is 184 Å². The monoisotopic (exact) mass is 967 g/mol. The Labute approximate surface area is 439 Å². The number of ketones is 1. The molecule has 0 saturated heterocycles. The molecule has 0 atom stereocenters. The van der Waals surface area contributed by atoms with Gasteiger partial charge in [0.2, 0.25) is 0 Å². The first-order valence-corrected chi connectivity index (χ1v) is 25.6. The van der Waals surface area contributed by atoms with Crippen molar-refractivity contribution in [3.63, 3.8) is 0 Å². The van der Waals surface area contributed by atoms with E-state index in [4.69, 9.17) is 0 Å². The second kappa shape index (κ2) is 22.4. The third-order valence-corrected chi connectivity index (χ3v) is 13.6. The van der Waals surface area contributed by atoms with Gasteiger partial charge >= 0.3 is 0 Å². The van der Waals surface area contributed by atoms with E-state index in [0.717, 1.165) is 62.6 Å². The second-order valence-electron chi connectivity index (χ2n) is 19.7. The first-order chi connectivity index (χ1) is 35.8. The molecule has 0 aliphatic heterocycles. The molecule has 0 saturated carbocycles. The SMILES string of the molecule is CC=C(C)C=CCN(c1ccc(C)cc1)c1cc(C(=O)c2cc(N(c3ccc(C)cc3)c3ccc(C)cc3)cc(N(c3ccc(C)cc3)c3ccc(C)cc3)c2)cc(N(c2ccc(C)cc2)c2ccc(C)cc2)c1. The molecule has 0 bridgehead atoms. The fraction of sp³-hybridized carbons (Fsp3) is 0.145. The number of benzene rings is 9. The van der Waals surface area contributed by atoms with Gasteiger partial charge in [0.1, 0.15) is 0 Å². The Kier molecular flexibility index (Phi) is 15.2. The van der Waals surface area contributed by atoms with Gasteiger partial charge in [0.25, 0.3) is 0 Å². The number of nitrogens with zero attached hydrogens (tertiary/aromatic N) is 4. The number of rotatable bonds is 16. The molecule has 5 heteroatoms. The third-order valence-electron chi connectivity index (χ3n) is 13.6. The van der Waals surface area contributed by atoms with Crippen LogP contribution < -0.4 is 19.6 Å². The van der Waals surface area contributed by atoms with Crippen molar-refractivity contribution in [2.24, 2.45) is 0 Å². The number of hydrogen-bond donors (Lipinski definition) is 0. The summed E-state index contributed by atoms with van der Waals surface area (Å²) in [4.78, 5) is 25.4. The van der Waals surface area contributed by atoms with E-state index in [2.05, 4.69) is 306 Å². The second-order valence-corrected chi connectivity index (χ2v) is 19.7. The maximum absolute atomic E-state index is 16.3. The number of anilines is 11. The number of carbonyl (C=O) groups excluding carboxylic acids is 1. The predicted molar refractivity (Wildman–Crippen MR) is 316 cm³/mol. The van der Waals surface area contributed by atoms with E-state index in [1.165, 1.54) is 44.5 Å². The van der Waals surface area contributed by atoms with E-state index in [-0.39, 0.29) is 5.78 Å². The van der Waals surface area contributed by atoms with E-state index in [1.54, 1.807) is 0 Å². The summed E-state index contributed by atoms with van der Waals surface area (Å²) in [6.45, 7) is 19.5. The summed E-state index contributed by atoms with van der Waals surface area (Å²) in [6, 6.07) is 73.0. The van der Waals surface area contributed by atoms with Gasteiger partial charge in [-0.1, -0.05) is 148 Å². The van der Waals surface area contributed by atoms with Crippen LogP contribution in [-0.4, -0.2) is 12.3 Å². The minimum Gasteiger partial charge on any atom is -0.338 e. The first kappa shape index (κ1) is 50.3.